The van der Waals surface area contributed by atoms with Crippen LogP contribution in [0.3, 0.4) is 0 Å². The normalized spacial score (nSPS) is 16.0. The summed E-state index contributed by atoms with van der Waals surface area (Å²) in [6.45, 7) is 1.66. The van der Waals surface area contributed by atoms with Crippen molar-refractivity contribution < 1.29 is 23.9 Å². The van der Waals surface area contributed by atoms with Gasteiger partial charge in [0.2, 0.25) is 5.91 Å². The molecule has 0 aliphatic carbocycles. The van der Waals surface area contributed by atoms with Crippen LogP contribution in [0.2, 0.25) is 0 Å². The Balaban J connectivity index is 1.27. The summed E-state index contributed by atoms with van der Waals surface area (Å²) in [5.41, 5.74) is 1.49. The fourth-order valence-corrected chi connectivity index (χ4v) is 3.96. The van der Waals surface area contributed by atoms with Crippen LogP contribution in [0.1, 0.15) is 23.2 Å². The molecule has 0 unspecified atom stereocenters. The van der Waals surface area contributed by atoms with Gasteiger partial charge in [-0.25, -0.2) is 9.59 Å². The van der Waals surface area contributed by atoms with Crippen molar-refractivity contribution in [3.63, 3.8) is 0 Å². The molecule has 0 spiro atoms. The monoisotopic (exact) mass is 450 g/mol. The molecule has 172 valence electrons. The summed E-state index contributed by atoms with van der Waals surface area (Å²) in [4.78, 5) is 54.5. The molecule has 2 aromatic rings. The number of ether oxygens (including phenoxy) is 1. The topological polar surface area (TPSA) is 99.3 Å². The molecule has 33 heavy (non-hydrogen) atoms. The van der Waals surface area contributed by atoms with Crippen molar-refractivity contribution in [2.24, 2.45) is 0 Å². The molecule has 0 aromatic heterocycles. The van der Waals surface area contributed by atoms with E-state index in [1.165, 1.54) is 0 Å². The van der Waals surface area contributed by atoms with E-state index in [-0.39, 0.29) is 23.4 Å². The third-order valence-corrected chi connectivity index (χ3v) is 5.76. The van der Waals surface area contributed by atoms with Gasteiger partial charge < -0.3 is 24.8 Å². The molecular formula is C24H26N4O5. The van der Waals surface area contributed by atoms with Gasteiger partial charge in [-0.15, -0.1) is 0 Å². The van der Waals surface area contributed by atoms with E-state index in [1.807, 2.05) is 30.3 Å². The summed E-state index contributed by atoms with van der Waals surface area (Å²) in [5, 5.41) is 2.83. The number of hydrogen-bond acceptors (Lipinski definition) is 5. The van der Waals surface area contributed by atoms with Crippen LogP contribution in [0.25, 0.3) is 0 Å². The van der Waals surface area contributed by atoms with Gasteiger partial charge in [-0.05, 0) is 30.7 Å². The van der Waals surface area contributed by atoms with Gasteiger partial charge in [-0.1, -0.05) is 30.3 Å². The largest absolute Gasteiger partial charge is 0.452 e. The van der Waals surface area contributed by atoms with Crippen LogP contribution in [0, 0.1) is 0 Å². The highest BCUT2D eigenvalue weighted by Gasteiger charge is 2.28. The van der Waals surface area contributed by atoms with Gasteiger partial charge in [0.1, 0.15) is 0 Å². The maximum Gasteiger partial charge on any atom is 0.340 e. The van der Waals surface area contributed by atoms with E-state index in [2.05, 4.69) is 5.32 Å². The first-order valence-electron chi connectivity index (χ1n) is 11.0. The van der Waals surface area contributed by atoms with Gasteiger partial charge >= 0.3 is 12.0 Å². The molecule has 2 heterocycles. The zero-order valence-electron chi connectivity index (χ0n) is 18.2. The summed E-state index contributed by atoms with van der Waals surface area (Å²) in [6.07, 6.45) is 1.20. The number of esters is 1. The van der Waals surface area contributed by atoms with E-state index in [0.29, 0.717) is 50.5 Å². The van der Waals surface area contributed by atoms with E-state index >= 15 is 0 Å². The first kappa shape index (κ1) is 22.3. The number of piperazine rings is 1. The van der Waals surface area contributed by atoms with Gasteiger partial charge in [0, 0.05) is 44.8 Å². The van der Waals surface area contributed by atoms with Crippen LogP contribution in [0.4, 0.5) is 16.2 Å². The van der Waals surface area contributed by atoms with Crippen molar-refractivity contribution in [3.05, 3.63) is 60.2 Å². The Hall–Kier alpha value is -3.88. The van der Waals surface area contributed by atoms with Gasteiger partial charge in [-0.3, -0.25) is 9.59 Å². The lowest BCUT2D eigenvalue weighted by molar-refractivity contribution is -0.135. The number of benzene rings is 2. The molecular weight excluding hydrogens is 424 g/mol. The number of anilines is 2. The number of para-hydroxylation sites is 2. The third kappa shape index (κ3) is 5.31. The molecule has 4 amide bonds. The smallest absolute Gasteiger partial charge is 0.340 e. The lowest BCUT2D eigenvalue weighted by Gasteiger charge is -2.34. The van der Waals surface area contributed by atoms with E-state index in [4.69, 9.17) is 4.74 Å². The van der Waals surface area contributed by atoms with Crippen molar-refractivity contribution in [1.29, 1.82) is 0 Å². The third-order valence-electron chi connectivity index (χ3n) is 5.76. The Kier molecular flexibility index (Phi) is 6.87. The van der Waals surface area contributed by atoms with Gasteiger partial charge in [0.15, 0.2) is 6.61 Å². The molecule has 2 aromatic carbocycles. The number of amides is 4. The predicted molar refractivity (Wildman–Crippen MR) is 122 cm³/mol. The number of carbonyl (C=O) groups is 4. The minimum absolute atomic E-state index is 0.0273. The van der Waals surface area contributed by atoms with Gasteiger partial charge in [0.05, 0.1) is 11.3 Å². The maximum absolute atomic E-state index is 12.6. The van der Waals surface area contributed by atoms with E-state index in [9.17, 15) is 19.2 Å². The standard InChI is InChI=1S/C24H26N4O5/c29-21-11-6-12-28(21)20-10-5-4-9-19(20)23(31)33-17-22(30)26-13-15-27(16-14-26)24(32)25-18-7-2-1-3-8-18/h1-5,7-10H,6,11-17H2,(H,25,32). The van der Waals surface area contributed by atoms with Crippen LogP contribution in [-0.4, -0.2) is 72.9 Å². The summed E-state index contributed by atoms with van der Waals surface area (Å²) in [5.74, 6) is -0.985. The maximum atomic E-state index is 12.6. The molecule has 2 saturated heterocycles. The Morgan fingerprint density at radius 3 is 2.21 bits per heavy atom. The first-order chi connectivity index (χ1) is 16.0. The van der Waals surface area contributed by atoms with Crippen molar-refractivity contribution >= 4 is 35.2 Å². The Morgan fingerprint density at radius 2 is 1.52 bits per heavy atom. The van der Waals surface area contributed by atoms with Crippen molar-refractivity contribution in [3.8, 4) is 0 Å². The second-order valence-corrected chi connectivity index (χ2v) is 7.91. The molecule has 9 heteroatoms. The summed E-state index contributed by atoms with van der Waals surface area (Å²) in [6, 6.07) is 15.7. The molecule has 2 fully saturated rings. The number of nitrogens with one attached hydrogen (secondary N) is 1. The zero-order valence-corrected chi connectivity index (χ0v) is 18.2. The second-order valence-electron chi connectivity index (χ2n) is 7.91. The van der Waals surface area contributed by atoms with Crippen molar-refractivity contribution in [2.45, 2.75) is 12.8 Å². The summed E-state index contributed by atoms with van der Waals surface area (Å²) >= 11 is 0. The molecule has 0 bridgehead atoms. The molecule has 2 aliphatic heterocycles. The fraction of sp³-hybridized carbons (Fsp3) is 0.333. The van der Waals surface area contributed by atoms with E-state index in [1.54, 1.807) is 39.0 Å². The molecule has 0 radical (unpaired) electrons. The number of carbonyl (C=O) groups excluding carboxylic acids is 4. The molecule has 4 rings (SSSR count). The average Bonchev–Trinajstić information content (AvgIpc) is 3.28. The quantitative estimate of drug-likeness (QED) is 0.705. The second kappa shape index (κ2) is 10.2. The highest BCUT2D eigenvalue weighted by Crippen LogP contribution is 2.26. The molecule has 9 nitrogen and oxygen atoms in total. The van der Waals surface area contributed by atoms with Crippen molar-refractivity contribution in [2.75, 3.05) is 49.5 Å². The van der Waals surface area contributed by atoms with E-state index in [0.717, 1.165) is 6.42 Å². The zero-order chi connectivity index (χ0) is 23.2. The molecule has 2 aliphatic rings. The van der Waals surface area contributed by atoms with Crippen LogP contribution in [0.15, 0.2) is 54.6 Å². The lowest BCUT2D eigenvalue weighted by atomic mass is 10.1. The minimum atomic E-state index is -0.639. The molecule has 1 N–H and O–H groups in total. The van der Waals surface area contributed by atoms with Crippen LogP contribution < -0.4 is 10.2 Å². The Bertz CT molecular complexity index is 1030. The van der Waals surface area contributed by atoms with Gasteiger partial charge in [-0.2, -0.15) is 0 Å². The SMILES string of the molecule is O=C(OCC(=O)N1CCN(C(=O)Nc2ccccc2)CC1)c1ccccc1N1CCCC1=O. The van der Waals surface area contributed by atoms with Crippen LogP contribution in [-0.2, 0) is 14.3 Å². The highest BCUT2D eigenvalue weighted by atomic mass is 16.5. The number of nitrogens with zero attached hydrogens (tertiary/aromatic N) is 3. The summed E-state index contributed by atoms with van der Waals surface area (Å²) in [7, 11) is 0. The van der Waals surface area contributed by atoms with Crippen LogP contribution in [0.5, 0.6) is 0 Å². The minimum Gasteiger partial charge on any atom is -0.452 e. The van der Waals surface area contributed by atoms with E-state index < -0.39 is 12.6 Å². The molecule has 0 saturated carbocycles. The van der Waals surface area contributed by atoms with Crippen LogP contribution >= 0.6 is 0 Å². The fourth-order valence-electron chi connectivity index (χ4n) is 3.96. The average molecular weight is 450 g/mol. The Labute approximate surface area is 191 Å². The molecule has 0 atom stereocenters. The summed E-state index contributed by atoms with van der Waals surface area (Å²) < 4.78 is 5.27. The Morgan fingerprint density at radius 1 is 0.848 bits per heavy atom. The van der Waals surface area contributed by atoms with Crippen molar-refractivity contribution in [1.82, 2.24) is 9.80 Å². The lowest BCUT2D eigenvalue weighted by Crippen LogP contribution is -2.52. The highest BCUT2D eigenvalue weighted by molar-refractivity contribution is 6.04. The predicted octanol–water partition coefficient (Wildman–Crippen LogP) is 2.35. The number of urea groups is 1. The number of hydrogen-bond donors (Lipinski definition) is 1. The number of rotatable bonds is 5. The first-order valence-corrected chi connectivity index (χ1v) is 11.0. The van der Waals surface area contributed by atoms with Gasteiger partial charge in [0.25, 0.3) is 5.91 Å².